The highest BCUT2D eigenvalue weighted by Gasteiger charge is 2.51. The molecule has 10 aromatic rings. The molecule has 7 aromatic carbocycles. The predicted octanol–water partition coefficient (Wildman–Crippen LogP) is 18.0. The average molecular weight is 971 g/mol. The van der Waals surface area contributed by atoms with Crippen molar-refractivity contribution in [1.29, 1.82) is 0 Å². The van der Waals surface area contributed by atoms with Crippen LogP contribution in [0.5, 0.6) is 0 Å². The summed E-state index contributed by atoms with van der Waals surface area (Å²) in [6, 6.07) is 44.1. The molecular formula is C68H67BN2O3. The minimum Gasteiger partial charge on any atom is -0.466 e. The lowest BCUT2D eigenvalue weighted by atomic mass is 9.45. The predicted molar refractivity (Wildman–Crippen MR) is 310 cm³/mol. The summed E-state index contributed by atoms with van der Waals surface area (Å²) in [5.74, 6) is 0. The molecule has 5 aliphatic rings. The van der Waals surface area contributed by atoms with Crippen LogP contribution in [0, 0.1) is 0 Å². The Morgan fingerprint density at radius 2 is 0.892 bits per heavy atom. The summed E-state index contributed by atoms with van der Waals surface area (Å²) < 4.78 is 22.2. The van der Waals surface area contributed by atoms with Crippen molar-refractivity contribution in [2.45, 2.75) is 154 Å². The van der Waals surface area contributed by atoms with E-state index in [4.69, 9.17) is 13.3 Å². The van der Waals surface area contributed by atoms with Gasteiger partial charge in [-0.3, -0.25) is 0 Å². The molecule has 0 fully saturated rings. The maximum absolute atomic E-state index is 7.74. The molecule has 0 atom stereocenters. The van der Waals surface area contributed by atoms with E-state index in [1.807, 2.05) is 0 Å². The van der Waals surface area contributed by atoms with E-state index >= 15 is 0 Å². The third-order valence-electron chi connectivity index (χ3n) is 19.8. The maximum atomic E-state index is 7.74. The second-order valence-corrected chi connectivity index (χ2v) is 27.2. The van der Waals surface area contributed by atoms with E-state index in [2.05, 4.69) is 208 Å². The van der Waals surface area contributed by atoms with Crippen molar-refractivity contribution in [2.75, 3.05) is 9.71 Å². The van der Waals surface area contributed by atoms with Gasteiger partial charge in [0.15, 0.2) is 5.58 Å². The molecule has 5 heterocycles. The Labute approximate surface area is 436 Å². The first kappa shape index (κ1) is 44.8. The Bertz CT molecular complexity index is 4120. The van der Waals surface area contributed by atoms with Gasteiger partial charge in [-0.15, -0.1) is 0 Å². The lowest BCUT2D eigenvalue weighted by molar-refractivity contribution is 0.332. The molecular weight excluding hydrogens is 904 g/mol. The monoisotopic (exact) mass is 971 g/mol. The SMILES string of the molecule is CC1(C)CCC(C)(C)c2cc(N3c4c(oc5cc6c(cc45)C(C)(C)CCC6(C)C)B4c5c(cc6c(oc7ccccc76)c53)-c3cc5c(cc3N4c3ccccc3)oc3cc4c(cc35)C(C)(C)CCC4(C)C)ccc21. The van der Waals surface area contributed by atoms with Gasteiger partial charge in [0.05, 0.1) is 11.4 Å². The molecule has 3 aliphatic carbocycles. The minimum atomic E-state index is -0.354. The molecule has 370 valence electrons. The summed E-state index contributed by atoms with van der Waals surface area (Å²) in [4.78, 5) is 5.15. The van der Waals surface area contributed by atoms with Crippen LogP contribution in [0.15, 0.2) is 129 Å². The van der Waals surface area contributed by atoms with Gasteiger partial charge in [0.2, 0.25) is 0 Å². The molecule has 0 bridgehead atoms. The quantitative estimate of drug-likeness (QED) is 0.162. The van der Waals surface area contributed by atoms with Crippen LogP contribution in [0.4, 0.5) is 28.4 Å². The van der Waals surface area contributed by atoms with E-state index in [9.17, 15) is 0 Å². The van der Waals surface area contributed by atoms with Crippen LogP contribution < -0.4 is 20.8 Å². The fourth-order valence-corrected chi connectivity index (χ4v) is 14.9. The number of nitrogens with zero attached hydrogens (tertiary/aromatic N) is 2. The van der Waals surface area contributed by atoms with Gasteiger partial charge >= 0.3 is 6.85 Å². The fourth-order valence-electron chi connectivity index (χ4n) is 14.9. The van der Waals surface area contributed by atoms with Crippen LogP contribution in [0.25, 0.3) is 66.0 Å². The molecule has 0 saturated heterocycles. The van der Waals surface area contributed by atoms with Crippen molar-refractivity contribution in [1.82, 2.24) is 0 Å². The summed E-state index contributed by atoms with van der Waals surface area (Å²) >= 11 is 0. The normalized spacial score (nSPS) is 20.1. The number of furan rings is 3. The molecule has 0 saturated carbocycles. The van der Waals surface area contributed by atoms with Gasteiger partial charge in [-0.1, -0.05) is 126 Å². The topological polar surface area (TPSA) is 45.9 Å². The second-order valence-electron chi connectivity index (χ2n) is 27.2. The summed E-state index contributed by atoms with van der Waals surface area (Å²) in [6.45, 7) is 28.8. The van der Waals surface area contributed by atoms with Gasteiger partial charge in [0.25, 0.3) is 0 Å². The molecule has 0 radical (unpaired) electrons. The summed E-state index contributed by atoms with van der Waals surface area (Å²) in [6.07, 6.45) is 6.84. The lowest BCUT2D eigenvalue weighted by Crippen LogP contribution is -2.61. The molecule has 15 rings (SSSR count). The van der Waals surface area contributed by atoms with Crippen molar-refractivity contribution < 1.29 is 13.3 Å². The first-order valence-corrected chi connectivity index (χ1v) is 27.6. The fraction of sp³-hybridized carbons (Fsp3) is 0.353. The van der Waals surface area contributed by atoms with Crippen LogP contribution in [-0.4, -0.2) is 6.85 Å². The van der Waals surface area contributed by atoms with Gasteiger partial charge in [0.1, 0.15) is 28.0 Å². The molecule has 0 amide bonds. The van der Waals surface area contributed by atoms with Crippen molar-refractivity contribution >= 4 is 101 Å². The largest absolute Gasteiger partial charge is 0.466 e. The molecule has 0 spiro atoms. The molecule has 2 aliphatic heterocycles. The van der Waals surface area contributed by atoms with Gasteiger partial charge in [-0.25, -0.2) is 0 Å². The summed E-state index contributed by atoms with van der Waals surface area (Å²) in [7, 11) is 0. The van der Waals surface area contributed by atoms with Gasteiger partial charge < -0.3 is 23.0 Å². The van der Waals surface area contributed by atoms with E-state index in [-0.39, 0.29) is 39.3 Å². The average Bonchev–Trinajstić information content (AvgIpc) is 4.09. The van der Waals surface area contributed by atoms with Gasteiger partial charge in [-0.05, 0) is 182 Å². The van der Waals surface area contributed by atoms with Gasteiger partial charge in [-0.2, -0.15) is 0 Å². The van der Waals surface area contributed by atoms with Crippen LogP contribution in [-0.2, 0) is 32.5 Å². The standard InChI is InChI=1S/C68H67BN2O3/c1-63(2)24-25-64(3,4)48-30-39(22-23-47(48)63)70-59-46-34-50-52(68(11,12)29-27-66(50,7)8)36-56(46)74-62(59)69-58-44(32-45-40-20-16-17-21-54(40)73-61(45)60(58)70)41-31-42-43-33-49-51(67(9,10)28-26-65(49,5)6)35-55(43)72-57(42)37-53(41)71(69)38-18-14-13-15-19-38/h13-23,30-37H,24-29H2,1-12H3. The third kappa shape index (κ3) is 5.89. The highest BCUT2D eigenvalue weighted by Crippen LogP contribution is 2.57. The minimum absolute atomic E-state index is 0.00205. The highest BCUT2D eigenvalue weighted by atomic mass is 16.3. The Balaban J connectivity index is 1.12. The maximum Gasteiger partial charge on any atom is 0.376 e. The highest BCUT2D eigenvalue weighted by molar-refractivity contribution is 6.93. The first-order valence-electron chi connectivity index (χ1n) is 27.6. The number of anilines is 5. The Morgan fingerprint density at radius 3 is 1.54 bits per heavy atom. The van der Waals surface area contributed by atoms with E-state index in [1.165, 1.54) is 55.4 Å². The number of rotatable bonds is 2. The molecule has 0 unspecified atom stereocenters. The molecule has 3 aromatic heterocycles. The van der Waals surface area contributed by atoms with Crippen molar-refractivity contribution in [3.8, 4) is 11.1 Å². The zero-order valence-electron chi connectivity index (χ0n) is 45.4. The molecule has 5 nitrogen and oxygen atoms in total. The Hall–Kier alpha value is -6.66. The van der Waals surface area contributed by atoms with E-state index in [0.29, 0.717) is 0 Å². The summed E-state index contributed by atoms with van der Waals surface area (Å²) in [5, 5.41) is 5.70. The number of benzene rings is 7. The van der Waals surface area contributed by atoms with Crippen LogP contribution in [0.3, 0.4) is 0 Å². The zero-order valence-corrected chi connectivity index (χ0v) is 45.4. The molecule has 74 heavy (non-hydrogen) atoms. The smallest absolute Gasteiger partial charge is 0.376 e. The van der Waals surface area contributed by atoms with Crippen LogP contribution in [0.2, 0.25) is 0 Å². The Morgan fingerprint density at radius 1 is 0.378 bits per heavy atom. The number of fused-ring (bicyclic) bond motifs is 16. The van der Waals surface area contributed by atoms with Crippen molar-refractivity contribution in [3.05, 3.63) is 149 Å². The van der Waals surface area contributed by atoms with E-state index in [1.54, 1.807) is 0 Å². The van der Waals surface area contributed by atoms with Crippen molar-refractivity contribution in [3.63, 3.8) is 0 Å². The number of hydrogen-bond donors (Lipinski definition) is 0. The first-order chi connectivity index (χ1) is 35.1. The molecule has 0 N–H and O–H groups in total. The second kappa shape index (κ2) is 14.2. The number of hydrogen-bond acceptors (Lipinski definition) is 5. The number of para-hydroxylation sites is 2. The Kier molecular flexibility index (Phi) is 8.58. The van der Waals surface area contributed by atoms with Gasteiger partial charge in [0, 0.05) is 55.6 Å². The van der Waals surface area contributed by atoms with Crippen LogP contribution in [0.1, 0.15) is 155 Å². The lowest BCUT2D eigenvalue weighted by Gasteiger charge is -2.45. The third-order valence-corrected chi connectivity index (χ3v) is 19.8. The molecule has 6 heteroatoms. The summed E-state index contributed by atoms with van der Waals surface area (Å²) in [5.41, 5.74) is 23.3. The van der Waals surface area contributed by atoms with E-state index < -0.39 is 0 Å². The van der Waals surface area contributed by atoms with Crippen molar-refractivity contribution in [2.24, 2.45) is 0 Å². The van der Waals surface area contributed by atoms with Crippen LogP contribution >= 0.6 is 0 Å². The van der Waals surface area contributed by atoms with E-state index in [0.717, 1.165) is 122 Å². The zero-order chi connectivity index (χ0) is 51.0.